The highest BCUT2D eigenvalue weighted by molar-refractivity contribution is 5.96. The molecule has 3 N–H and O–H groups in total. The lowest BCUT2D eigenvalue weighted by Gasteiger charge is -2.23. The Bertz CT molecular complexity index is 580. The molecule has 0 aromatic heterocycles. The fourth-order valence-corrected chi connectivity index (χ4v) is 2.64. The molecule has 1 saturated carbocycles. The summed E-state index contributed by atoms with van der Waals surface area (Å²) >= 11 is 0. The van der Waals surface area contributed by atoms with E-state index >= 15 is 0 Å². The Kier molecular flexibility index (Phi) is 4.24. The van der Waals surface area contributed by atoms with Crippen LogP contribution in [0.4, 0.5) is 11.4 Å². The van der Waals surface area contributed by atoms with Gasteiger partial charge in [-0.05, 0) is 44.4 Å². The van der Waals surface area contributed by atoms with Crippen LogP contribution in [0.5, 0.6) is 0 Å². The van der Waals surface area contributed by atoms with Gasteiger partial charge in [0.25, 0.3) is 11.6 Å². The van der Waals surface area contributed by atoms with Crippen LogP contribution in [0, 0.1) is 10.1 Å². The molecule has 1 aliphatic carbocycles. The Hall–Kier alpha value is -2.15. The van der Waals surface area contributed by atoms with Gasteiger partial charge in [0.15, 0.2) is 0 Å². The van der Waals surface area contributed by atoms with Crippen LogP contribution in [-0.2, 0) is 0 Å². The van der Waals surface area contributed by atoms with Crippen molar-refractivity contribution in [1.82, 2.24) is 10.6 Å². The fourth-order valence-electron chi connectivity index (χ4n) is 2.64. The number of nitro groups is 1. The number of hydrogen-bond acceptors (Lipinski definition) is 5. The molecular formula is C15H20N4O3. The number of amides is 1. The average molecular weight is 304 g/mol. The number of piperidine rings is 1. The van der Waals surface area contributed by atoms with E-state index in [1.165, 1.54) is 6.07 Å². The summed E-state index contributed by atoms with van der Waals surface area (Å²) < 4.78 is 0. The van der Waals surface area contributed by atoms with Crippen molar-refractivity contribution < 1.29 is 9.72 Å². The molecule has 1 unspecified atom stereocenters. The standard InChI is InChI=1S/C15H20N4O3/c20-15(18-12-2-1-7-16-9-12)10-3-6-13(17-11-4-5-11)14(8-10)19(21)22/h3,6,8,11-12,16-17H,1-2,4-5,7,9H2,(H,18,20). The molecule has 2 fully saturated rings. The van der Waals surface area contributed by atoms with Crippen LogP contribution in [0.2, 0.25) is 0 Å². The molecule has 1 amide bonds. The Balaban J connectivity index is 1.73. The third-order valence-electron chi connectivity index (χ3n) is 4.03. The zero-order chi connectivity index (χ0) is 15.5. The molecule has 2 aliphatic rings. The normalized spacial score (nSPS) is 21.2. The Morgan fingerprint density at radius 2 is 2.09 bits per heavy atom. The predicted molar refractivity (Wildman–Crippen MR) is 83.1 cm³/mol. The van der Waals surface area contributed by atoms with E-state index in [9.17, 15) is 14.9 Å². The molecular weight excluding hydrogens is 284 g/mol. The molecule has 22 heavy (non-hydrogen) atoms. The van der Waals surface area contributed by atoms with Crippen molar-refractivity contribution >= 4 is 17.3 Å². The number of carbonyl (C=O) groups is 1. The van der Waals surface area contributed by atoms with Gasteiger partial charge in [-0.2, -0.15) is 0 Å². The van der Waals surface area contributed by atoms with E-state index in [1.807, 2.05) is 0 Å². The maximum absolute atomic E-state index is 12.3. The van der Waals surface area contributed by atoms with Gasteiger partial charge >= 0.3 is 0 Å². The summed E-state index contributed by atoms with van der Waals surface area (Å²) in [5, 5.41) is 20.5. The van der Waals surface area contributed by atoms with E-state index in [4.69, 9.17) is 0 Å². The van der Waals surface area contributed by atoms with Crippen LogP contribution in [0.15, 0.2) is 18.2 Å². The van der Waals surface area contributed by atoms with Crippen LogP contribution < -0.4 is 16.0 Å². The van der Waals surface area contributed by atoms with Crippen molar-refractivity contribution in [1.29, 1.82) is 0 Å². The first-order chi connectivity index (χ1) is 10.6. The monoisotopic (exact) mass is 304 g/mol. The van der Waals surface area contributed by atoms with Gasteiger partial charge < -0.3 is 16.0 Å². The van der Waals surface area contributed by atoms with Crippen LogP contribution in [0.1, 0.15) is 36.0 Å². The zero-order valence-electron chi connectivity index (χ0n) is 12.3. The second kappa shape index (κ2) is 6.31. The Morgan fingerprint density at radius 1 is 1.27 bits per heavy atom. The molecule has 0 bridgehead atoms. The number of nitrogens with one attached hydrogen (secondary N) is 3. The summed E-state index contributed by atoms with van der Waals surface area (Å²) in [6, 6.07) is 5.04. The van der Waals surface area contributed by atoms with Crippen molar-refractivity contribution in [3.05, 3.63) is 33.9 Å². The lowest BCUT2D eigenvalue weighted by atomic mass is 10.1. The van der Waals surface area contributed by atoms with E-state index in [2.05, 4.69) is 16.0 Å². The molecule has 1 atom stereocenters. The second-order valence-corrected chi connectivity index (χ2v) is 5.92. The van der Waals surface area contributed by atoms with Crippen molar-refractivity contribution in [3.8, 4) is 0 Å². The van der Waals surface area contributed by atoms with Crippen molar-refractivity contribution in [3.63, 3.8) is 0 Å². The number of carbonyl (C=O) groups excluding carboxylic acids is 1. The van der Waals surface area contributed by atoms with E-state index in [-0.39, 0.29) is 17.6 Å². The Morgan fingerprint density at radius 3 is 2.73 bits per heavy atom. The van der Waals surface area contributed by atoms with Crippen molar-refractivity contribution in [2.75, 3.05) is 18.4 Å². The molecule has 0 spiro atoms. The summed E-state index contributed by atoms with van der Waals surface area (Å²) in [7, 11) is 0. The largest absolute Gasteiger partial charge is 0.377 e. The minimum absolute atomic E-state index is 0.0404. The maximum atomic E-state index is 12.3. The summed E-state index contributed by atoms with van der Waals surface area (Å²) in [4.78, 5) is 23.0. The van der Waals surface area contributed by atoms with Crippen LogP contribution >= 0.6 is 0 Å². The first-order valence-corrected chi connectivity index (χ1v) is 7.70. The number of nitro benzene ring substituents is 1. The third kappa shape index (κ3) is 3.54. The number of nitrogens with zero attached hydrogens (tertiary/aromatic N) is 1. The number of rotatable bonds is 5. The van der Waals surface area contributed by atoms with E-state index < -0.39 is 4.92 Å². The molecule has 1 aliphatic heterocycles. The Labute approximate surface area is 128 Å². The summed E-state index contributed by atoms with van der Waals surface area (Å²) in [6.07, 6.45) is 4.03. The summed E-state index contributed by atoms with van der Waals surface area (Å²) in [5.74, 6) is -0.255. The summed E-state index contributed by atoms with van der Waals surface area (Å²) in [6.45, 7) is 1.72. The summed E-state index contributed by atoms with van der Waals surface area (Å²) in [5.41, 5.74) is 0.781. The molecule has 3 rings (SSSR count). The smallest absolute Gasteiger partial charge is 0.293 e. The first-order valence-electron chi connectivity index (χ1n) is 7.70. The third-order valence-corrected chi connectivity index (χ3v) is 4.03. The van der Waals surface area contributed by atoms with E-state index in [0.29, 0.717) is 17.3 Å². The zero-order valence-corrected chi connectivity index (χ0v) is 12.3. The highest BCUT2D eigenvalue weighted by atomic mass is 16.6. The molecule has 7 nitrogen and oxygen atoms in total. The van der Waals surface area contributed by atoms with Crippen LogP contribution in [0.3, 0.4) is 0 Å². The molecule has 0 radical (unpaired) electrons. The SMILES string of the molecule is O=C(NC1CCCNC1)c1ccc(NC2CC2)c([N+](=O)[O-])c1. The van der Waals surface area contributed by atoms with Gasteiger partial charge in [-0.3, -0.25) is 14.9 Å². The van der Waals surface area contributed by atoms with Crippen molar-refractivity contribution in [2.24, 2.45) is 0 Å². The van der Waals surface area contributed by atoms with Gasteiger partial charge in [0, 0.05) is 30.3 Å². The molecule has 1 aromatic rings. The van der Waals surface area contributed by atoms with Gasteiger partial charge in [-0.15, -0.1) is 0 Å². The van der Waals surface area contributed by atoms with Crippen LogP contribution in [-0.4, -0.2) is 36.0 Å². The second-order valence-electron chi connectivity index (χ2n) is 5.92. The minimum atomic E-state index is -0.441. The first kappa shape index (κ1) is 14.8. The van der Waals surface area contributed by atoms with Crippen molar-refractivity contribution in [2.45, 2.75) is 37.8 Å². The molecule has 7 heteroatoms. The van der Waals surface area contributed by atoms with Gasteiger partial charge in [0.1, 0.15) is 5.69 Å². The predicted octanol–water partition coefficient (Wildman–Crippen LogP) is 1.65. The van der Waals surface area contributed by atoms with E-state index in [0.717, 1.165) is 38.8 Å². The lowest BCUT2D eigenvalue weighted by Crippen LogP contribution is -2.45. The number of hydrogen-bond donors (Lipinski definition) is 3. The molecule has 1 heterocycles. The highest BCUT2D eigenvalue weighted by Gasteiger charge is 2.26. The van der Waals surface area contributed by atoms with Gasteiger partial charge in [0.05, 0.1) is 4.92 Å². The fraction of sp³-hybridized carbons (Fsp3) is 0.533. The quantitative estimate of drug-likeness (QED) is 0.568. The molecule has 118 valence electrons. The molecule has 1 aromatic carbocycles. The van der Waals surface area contributed by atoms with Crippen LogP contribution in [0.25, 0.3) is 0 Å². The minimum Gasteiger partial charge on any atom is -0.377 e. The van der Waals surface area contributed by atoms with E-state index in [1.54, 1.807) is 12.1 Å². The highest BCUT2D eigenvalue weighted by Crippen LogP contribution is 2.31. The number of anilines is 1. The van der Waals surface area contributed by atoms with Gasteiger partial charge in [-0.25, -0.2) is 0 Å². The van der Waals surface area contributed by atoms with Gasteiger partial charge in [-0.1, -0.05) is 0 Å². The van der Waals surface area contributed by atoms with Gasteiger partial charge in [0.2, 0.25) is 0 Å². The lowest BCUT2D eigenvalue weighted by molar-refractivity contribution is -0.384. The molecule has 1 saturated heterocycles. The topological polar surface area (TPSA) is 96.3 Å². The number of benzene rings is 1. The average Bonchev–Trinajstić information content (AvgIpc) is 3.32. The maximum Gasteiger partial charge on any atom is 0.293 e.